The zero-order valence-corrected chi connectivity index (χ0v) is 7.92. The maximum Gasteiger partial charge on any atom is 0.171 e. The topological polar surface area (TPSA) is 92.5 Å². The van der Waals surface area contributed by atoms with Crippen LogP contribution < -0.4 is 5.73 Å². The van der Waals surface area contributed by atoms with E-state index in [0.717, 1.165) is 6.08 Å². The second kappa shape index (κ2) is 6.90. The molecule has 6 heteroatoms. The SMILES string of the molecule is C=CC(=O)C(N)CCCOS(=O)[O-]. The molecule has 0 aromatic heterocycles. The summed E-state index contributed by atoms with van der Waals surface area (Å²) in [6.45, 7) is 3.33. The Labute approximate surface area is 79.4 Å². The van der Waals surface area contributed by atoms with Crippen LogP contribution in [-0.2, 0) is 20.3 Å². The van der Waals surface area contributed by atoms with Gasteiger partial charge >= 0.3 is 0 Å². The van der Waals surface area contributed by atoms with Gasteiger partial charge in [-0.3, -0.25) is 4.79 Å². The van der Waals surface area contributed by atoms with Gasteiger partial charge in [0, 0.05) is 0 Å². The van der Waals surface area contributed by atoms with E-state index in [4.69, 9.17) is 5.73 Å². The van der Waals surface area contributed by atoms with Crippen LogP contribution >= 0.6 is 0 Å². The van der Waals surface area contributed by atoms with Crippen molar-refractivity contribution >= 4 is 17.1 Å². The van der Waals surface area contributed by atoms with Crippen molar-refractivity contribution in [1.29, 1.82) is 0 Å². The normalized spacial score (nSPS) is 14.9. The molecule has 13 heavy (non-hydrogen) atoms. The molecule has 0 saturated carbocycles. The fraction of sp³-hybridized carbons (Fsp3) is 0.571. The van der Waals surface area contributed by atoms with E-state index in [1.807, 2.05) is 0 Å². The van der Waals surface area contributed by atoms with Crippen molar-refractivity contribution in [2.45, 2.75) is 18.9 Å². The molecule has 0 aliphatic rings. The Morgan fingerprint density at radius 2 is 2.38 bits per heavy atom. The van der Waals surface area contributed by atoms with Crippen molar-refractivity contribution in [2.24, 2.45) is 5.73 Å². The number of nitrogens with two attached hydrogens (primary N) is 1. The van der Waals surface area contributed by atoms with Crippen molar-refractivity contribution in [3.8, 4) is 0 Å². The quantitative estimate of drug-likeness (QED) is 0.349. The molecule has 0 rings (SSSR count). The monoisotopic (exact) mass is 206 g/mol. The lowest BCUT2D eigenvalue weighted by Gasteiger charge is -2.08. The molecule has 2 atom stereocenters. The van der Waals surface area contributed by atoms with Crippen molar-refractivity contribution in [3.63, 3.8) is 0 Å². The fourth-order valence-corrected chi connectivity index (χ4v) is 0.978. The van der Waals surface area contributed by atoms with Gasteiger partial charge in [-0.25, -0.2) is 4.21 Å². The van der Waals surface area contributed by atoms with E-state index in [2.05, 4.69) is 10.8 Å². The molecule has 2 unspecified atom stereocenters. The van der Waals surface area contributed by atoms with Crippen molar-refractivity contribution in [2.75, 3.05) is 6.61 Å². The third kappa shape index (κ3) is 6.59. The third-order valence-electron chi connectivity index (χ3n) is 1.41. The first-order valence-corrected chi connectivity index (χ1v) is 4.72. The highest BCUT2D eigenvalue weighted by atomic mass is 32.2. The second-order valence-corrected chi connectivity index (χ2v) is 3.03. The summed E-state index contributed by atoms with van der Waals surface area (Å²) in [6, 6.07) is -0.610. The summed E-state index contributed by atoms with van der Waals surface area (Å²) in [6.07, 6.45) is 1.97. The highest BCUT2D eigenvalue weighted by molar-refractivity contribution is 7.74. The molecule has 5 nitrogen and oxygen atoms in total. The van der Waals surface area contributed by atoms with E-state index in [0.29, 0.717) is 12.8 Å². The molecule has 0 aromatic rings. The fourth-order valence-electron chi connectivity index (χ4n) is 0.724. The Balaban J connectivity index is 3.47. The lowest BCUT2D eigenvalue weighted by atomic mass is 10.1. The summed E-state index contributed by atoms with van der Waals surface area (Å²) in [7, 11) is 0. The van der Waals surface area contributed by atoms with Crippen LogP contribution in [0.2, 0.25) is 0 Å². The summed E-state index contributed by atoms with van der Waals surface area (Å²) in [5.41, 5.74) is 5.41. The van der Waals surface area contributed by atoms with Gasteiger partial charge < -0.3 is 14.5 Å². The first-order chi connectivity index (χ1) is 6.07. The van der Waals surface area contributed by atoms with Crippen LogP contribution in [0.3, 0.4) is 0 Å². The number of carbonyl (C=O) groups is 1. The van der Waals surface area contributed by atoms with Crippen LogP contribution in [0.5, 0.6) is 0 Å². The van der Waals surface area contributed by atoms with Crippen LogP contribution in [0.1, 0.15) is 12.8 Å². The smallest absolute Gasteiger partial charge is 0.171 e. The number of hydrogen-bond acceptors (Lipinski definition) is 5. The third-order valence-corrected chi connectivity index (χ3v) is 1.76. The van der Waals surface area contributed by atoms with Crippen molar-refractivity contribution in [3.05, 3.63) is 12.7 Å². The molecule has 0 bridgehead atoms. The summed E-state index contributed by atoms with van der Waals surface area (Å²) >= 11 is -2.49. The molecule has 0 radical (unpaired) electrons. The molecule has 0 heterocycles. The highest BCUT2D eigenvalue weighted by Gasteiger charge is 2.08. The molecule has 0 fully saturated rings. The maximum absolute atomic E-state index is 10.8. The van der Waals surface area contributed by atoms with Gasteiger partial charge in [0.2, 0.25) is 0 Å². The van der Waals surface area contributed by atoms with E-state index in [9.17, 15) is 13.6 Å². The lowest BCUT2D eigenvalue weighted by molar-refractivity contribution is -0.115. The number of ketones is 1. The Kier molecular flexibility index (Phi) is 6.61. The standard InChI is InChI=1S/C7H13NO4S/c1-2-7(9)6(8)4-3-5-12-13(10)11/h2,6H,1,3-5,8H2,(H,10,11)/p-1. The van der Waals surface area contributed by atoms with Crippen molar-refractivity contribution < 1.29 is 17.7 Å². The summed E-state index contributed by atoms with van der Waals surface area (Å²) in [4.78, 5) is 10.8. The zero-order valence-electron chi connectivity index (χ0n) is 7.10. The molecule has 0 saturated heterocycles. The zero-order chi connectivity index (χ0) is 10.3. The predicted octanol–water partition coefficient (Wildman–Crippen LogP) is -0.340. The Hall–Kier alpha value is -0.560. The molecule has 0 amide bonds. The lowest BCUT2D eigenvalue weighted by Crippen LogP contribution is -2.29. The highest BCUT2D eigenvalue weighted by Crippen LogP contribution is 1.97. The second-order valence-electron chi connectivity index (χ2n) is 2.38. The molecule has 0 spiro atoms. The van der Waals surface area contributed by atoms with Gasteiger partial charge in [0.1, 0.15) is 0 Å². The van der Waals surface area contributed by atoms with Crippen molar-refractivity contribution in [1.82, 2.24) is 0 Å². The number of carbonyl (C=O) groups excluding carboxylic acids is 1. The molecular formula is C7H12NO4S-. The van der Waals surface area contributed by atoms with Gasteiger partial charge in [0.15, 0.2) is 5.78 Å². The summed E-state index contributed by atoms with van der Waals surface area (Å²) < 4.78 is 24.0. The van der Waals surface area contributed by atoms with Crippen LogP contribution in [0.4, 0.5) is 0 Å². The Morgan fingerprint density at radius 1 is 1.77 bits per heavy atom. The van der Waals surface area contributed by atoms with E-state index >= 15 is 0 Å². The largest absolute Gasteiger partial charge is 0.750 e. The minimum absolute atomic E-state index is 0.0498. The summed E-state index contributed by atoms with van der Waals surface area (Å²) in [5.74, 6) is -0.247. The van der Waals surface area contributed by atoms with Gasteiger partial charge in [-0.1, -0.05) is 6.58 Å². The first kappa shape index (κ1) is 12.4. The predicted molar refractivity (Wildman–Crippen MR) is 47.3 cm³/mol. The number of rotatable bonds is 7. The average Bonchev–Trinajstić information content (AvgIpc) is 2.10. The molecule has 0 aromatic carbocycles. The summed E-state index contributed by atoms with van der Waals surface area (Å²) in [5, 5.41) is 0. The van der Waals surface area contributed by atoms with E-state index in [1.54, 1.807) is 0 Å². The van der Waals surface area contributed by atoms with E-state index in [-0.39, 0.29) is 12.4 Å². The van der Waals surface area contributed by atoms with Gasteiger partial charge in [0.25, 0.3) is 0 Å². The molecule has 0 aliphatic carbocycles. The minimum Gasteiger partial charge on any atom is -0.750 e. The number of hydrogen-bond donors (Lipinski definition) is 1. The first-order valence-electron chi connectivity index (χ1n) is 3.72. The van der Waals surface area contributed by atoms with E-state index < -0.39 is 17.4 Å². The Morgan fingerprint density at radius 3 is 2.85 bits per heavy atom. The van der Waals surface area contributed by atoms with Gasteiger partial charge in [-0.05, 0) is 18.9 Å². The maximum atomic E-state index is 10.8. The molecular weight excluding hydrogens is 194 g/mol. The molecule has 0 aliphatic heterocycles. The molecule has 2 N–H and O–H groups in total. The van der Waals surface area contributed by atoms with Gasteiger partial charge in [0.05, 0.1) is 24.0 Å². The van der Waals surface area contributed by atoms with Gasteiger partial charge in [-0.15, -0.1) is 0 Å². The Bertz CT molecular complexity index is 207. The minimum atomic E-state index is -2.49. The van der Waals surface area contributed by atoms with Crippen LogP contribution in [0.25, 0.3) is 0 Å². The van der Waals surface area contributed by atoms with Crippen LogP contribution in [0, 0.1) is 0 Å². The molecule has 76 valence electrons. The average molecular weight is 206 g/mol. The van der Waals surface area contributed by atoms with Crippen LogP contribution in [0.15, 0.2) is 12.7 Å². The van der Waals surface area contributed by atoms with E-state index in [1.165, 1.54) is 0 Å². The van der Waals surface area contributed by atoms with Gasteiger partial charge in [-0.2, -0.15) is 0 Å². The van der Waals surface area contributed by atoms with Crippen LogP contribution in [-0.4, -0.2) is 27.2 Å².